The summed E-state index contributed by atoms with van der Waals surface area (Å²) in [6.07, 6.45) is 8.61. The van der Waals surface area contributed by atoms with Crippen LogP contribution in [0.15, 0.2) is 36.5 Å². The van der Waals surface area contributed by atoms with Gasteiger partial charge >= 0.3 is 0 Å². The van der Waals surface area contributed by atoms with Crippen LogP contribution in [0.1, 0.15) is 55.8 Å². The third kappa shape index (κ3) is 4.29. The lowest BCUT2D eigenvalue weighted by Gasteiger charge is -2.34. The predicted molar refractivity (Wildman–Crippen MR) is 107 cm³/mol. The van der Waals surface area contributed by atoms with Gasteiger partial charge in [-0.1, -0.05) is 18.9 Å². The molecule has 1 amide bonds. The van der Waals surface area contributed by atoms with Gasteiger partial charge in [-0.15, -0.1) is 0 Å². The highest BCUT2D eigenvalue weighted by molar-refractivity contribution is 5.79. The lowest BCUT2D eigenvalue weighted by atomic mass is 9.93. The van der Waals surface area contributed by atoms with Crippen LogP contribution in [0.3, 0.4) is 0 Å². The first-order chi connectivity index (χ1) is 13.2. The van der Waals surface area contributed by atoms with E-state index in [1.165, 1.54) is 12.8 Å². The highest BCUT2D eigenvalue weighted by atomic mass is 16.2. The smallest absolute Gasteiger partial charge is 0.225 e. The molecule has 0 bridgehead atoms. The zero-order chi connectivity index (χ0) is 18.6. The molecule has 2 aliphatic rings. The Morgan fingerprint density at radius 3 is 2.70 bits per heavy atom. The Kier molecular flexibility index (Phi) is 5.37. The van der Waals surface area contributed by atoms with Crippen LogP contribution in [-0.4, -0.2) is 33.9 Å². The quantitative estimate of drug-likeness (QED) is 0.872. The van der Waals surface area contributed by atoms with E-state index >= 15 is 0 Å². The van der Waals surface area contributed by atoms with Gasteiger partial charge in [0.05, 0.1) is 11.9 Å². The van der Waals surface area contributed by atoms with Gasteiger partial charge in [0.1, 0.15) is 5.82 Å². The maximum Gasteiger partial charge on any atom is 0.225 e. The number of nitrogens with zero attached hydrogens (tertiary/aromatic N) is 3. The SMILES string of the molecule is Cc1cccc(Nc2ccc([C@H]3CCCN(C(=O)C4CCCC4)C3)nc2)n1. The Labute approximate surface area is 161 Å². The molecule has 1 aliphatic heterocycles. The van der Waals surface area contributed by atoms with E-state index in [-0.39, 0.29) is 5.92 Å². The summed E-state index contributed by atoms with van der Waals surface area (Å²) in [5, 5.41) is 3.30. The molecule has 142 valence electrons. The summed E-state index contributed by atoms with van der Waals surface area (Å²) < 4.78 is 0. The molecule has 1 atom stereocenters. The number of hydrogen-bond acceptors (Lipinski definition) is 4. The van der Waals surface area contributed by atoms with Gasteiger partial charge < -0.3 is 10.2 Å². The molecule has 27 heavy (non-hydrogen) atoms. The molecule has 1 aliphatic carbocycles. The molecular formula is C22H28N4O. The first-order valence-corrected chi connectivity index (χ1v) is 10.1. The number of piperidine rings is 1. The van der Waals surface area contributed by atoms with E-state index in [9.17, 15) is 4.79 Å². The number of likely N-dealkylation sites (tertiary alicyclic amines) is 1. The fraction of sp³-hybridized carbons (Fsp3) is 0.500. The van der Waals surface area contributed by atoms with Gasteiger partial charge in [0, 0.05) is 36.3 Å². The van der Waals surface area contributed by atoms with Gasteiger partial charge in [-0.3, -0.25) is 9.78 Å². The molecule has 0 spiro atoms. The van der Waals surface area contributed by atoms with E-state index in [1.807, 2.05) is 31.3 Å². The fourth-order valence-corrected chi connectivity index (χ4v) is 4.33. The number of carbonyl (C=O) groups excluding carboxylic acids is 1. The van der Waals surface area contributed by atoms with Crippen molar-refractivity contribution in [1.29, 1.82) is 0 Å². The number of carbonyl (C=O) groups is 1. The van der Waals surface area contributed by atoms with E-state index < -0.39 is 0 Å². The lowest BCUT2D eigenvalue weighted by molar-refractivity contribution is -0.136. The summed E-state index contributed by atoms with van der Waals surface area (Å²) in [6, 6.07) is 10.1. The summed E-state index contributed by atoms with van der Waals surface area (Å²) in [5.41, 5.74) is 3.01. The molecule has 0 unspecified atom stereocenters. The first kappa shape index (κ1) is 18.0. The van der Waals surface area contributed by atoms with Crippen LogP contribution in [0.2, 0.25) is 0 Å². The van der Waals surface area contributed by atoms with E-state index in [0.717, 1.165) is 61.7 Å². The number of nitrogens with one attached hydrogen (secondary N) is 1. The third-order valence-electron chi connectivity index (χ3n) is 5.80. The molecular weight excluding hydrogens is 336 g/mol. The summed E-state index contributed by atoms with van der Waals surface area (Å²) in [6.45, 7) is 3.70. The lowest BCUT2D eigenvalue weighted by Crippen LogP contribution is -2.42. The van der Waals surface area contributed by atoms with Gasteiger partial charge in [0.15, 0.2) is 0 Å². The van der Waals surface area contributed by atoms with Crippen molar-refractivity contribution in [3.63, 3.8) is 0 Å². The van der Waals surface area contributed by atoms with Gasteiger partial charge in [-0.2, -0.15) is 0 Å². The second kappa shape index (κ2) is 8.07. The second-order valence-electron chi connectivity index (χ2n) is 7.87. The Balaban J connectivity index is 1.40. The summed E-state index contributed by atoms with van der Waals surface area (Å²) >= 11 is 0. The van der Waals surface area contributed by atoms with Crippen LogP contribution < -0.4 is 5.32 Å². The van der Waals surface area contributed by atoms with Gasteiger partial charge in [0.25, 0.3) is 0 Å². The van der Waals surface area contributed by atoms with Crippen molar-refractivity contribution in [2.24, 2.45) is 5.92 Å². The number of rotatable bonds is 4. The van der Waals surface area contributed by atoms with Crippen molar-refractivity contribution >= 4 is 17.4 Å². The molecule has 5 nitrogen and oxygen atoms in total. The largest absolute Gasteiger partial charge is 0.342 e. The van der Waals surface area contributed by atoms with E-state index in [2.05, 4.69) is 32.3 Å². The molecule has 2 aromatic rings. The zero-order valence-electron chi connectivity index (χ0n) is 16.0. The minimum absolute atomic E-state index is 0.269. The Morgan fingerprint density at radius 1 is 1.11 bits per heavy atom. The van der Waals surface area contributed by atoms with Gasteiger partial charge in [-0.25, -0.2) is 4.98 Å². The third-order valence-corrected chi connectivity index (χ3v) is 5.80. The average Bonchev–Trinajstić information content (AvgIpc) is 3.23. The monoisotopic (exact) mass is 364 g/mol. The molecule has 2 fully saturated rings. The van der Waals surface area contributed by atoms with Gasteiger partial charge in [-0.05, 0) is 56.9 Å². The molecule has 3 heterocycles. The van der Waals surface area contributed by atoms with Crippen molar-refractivity contribution in [3.05, 3.63) is 47.9 Å². The Hall–Kier alpha value is -2.43. The van der Waals surface area contributed by atoms with Crippen LogP contribution in [0, 0.1) is 12.8 Å². The van der Waals surface area contributed by atoms with Crippen LogP contribution in [0.4, 0.5) is 11.5 Å². The number of amides is 1. The Bertz CT molecular complexity index is 783. The first-order valence-electron chi connectivity index (χ1n) is 10.1. The molecule has 0 radical (unpaired) electrons. The molecule has 0 aromatic carbocycles. The topological polar surface area (TPSA) is 58.1 Å². The summed E-state index contributed by atoms with van der Waals surface area (Å²) in [4.78, 5) is 24.0. The summed E-state index contributed by atoms with van der Waals surface area (Å²) in [5.74, 6) is 1.82. The van der Waals surface area contributed by atoms with E-state index in [4.69, 9.17) is 0 Å². The second-order valence-corrected chi connectivity index (χ2v) is 7.87. The predicted octanol–water partition coefficient (Wildman–Crippen LogP) is 4.42. The van der Waals surface area contributed by atoms with E-state index in [1.54, 1.807) is 0 Å². The molecule has 2 aromatic heterocycles. The van der Waals surface area contributed by atoms with Crippen molar-refractivity contribution in [2.45, 2.75) is 51.4 Å². The Morgan fingerprint density at radius 2 is 1.96 bits per heavy atom. The van der Waals surface area contributed by atoms with Crippen LogP contribution in [-0.2, 0) is 4.79 Å². The molecule has 5 heteroatoms. The highest BCUT2D eigenvalue weighted by Gasteiger charge is 2.31. The molecule has 1 saturated heterocycles. The zero-order valence-corrected chi connectivity index (χ0v) is 16.0. The van der Waals surface area contributed by atoms with Crippen molar-refractivity contribution < 1.29 is 4.79 Å². The van der Waals surface area contributed by atoms with E-state index in [0.29, 0.717) is 11.8 Å². The van der Waals surface area contributed by atoms with Crippen LogP contribution in [0.5, 0.6) is 0 Å². The fourth-order valence-electron chi connectivity index (χ4n) is 4.33. The minimum Gasteiger partial charge on any atom is -0.342 e. The molecule has 1 saturated carbocycles. The maximum absolute atomic E-state index is 12.8. The van der Waals surface area contributed by atoms with Crippen LogP contribution in [0.25, 0.3) is 0 Å². The number of aryl methyl sites for hydroxylation is 1. The molecule has 1 N–H and O–H groups in total. The number of pyridine rings is 2. The minimum atomic E-state index is 0.269. The van der Waals surface area contributed by atoms with Crippen LogP contribution >= 0.6 is 0 Å². The van der Waals surface area contributed by atoms with Crippen molar-refractivity contribution in [3.8, 4) is 0 Å². The van der Waals surface area contributed by atoms with Crippen molar-refractivity contribution in [2.75, 3.05) is 18.4 Å². The summed E-state index contributed by atoms with van der Waals surface area (Å²) in [7, 11) is 0. The number of hydrogen-bond donors (Lipinski definition) is 1. The highest BCUT2D eigenvalue weighted by Crippen LogP contribution is 2.31. The number of anilines is 2. The molecule has 4 rings (SSSR count). The van der Waals surface area contributed by atoms with Gasteiger partial charge in [0.2, 0.25) is 5.91 Å². The average molecular weight is 364 g/mol. The van der Waals surface area contributed by atoms with Crippen molar-refractivity contribution in [1.82, 2.24) is 14.9 Å². The normalized spacial score (nSPS) is 20.6. The maximum atomic E-state index is 12.8. The number of aromatic nitrogens is 2. The standard InChI is InChI=1S/C22H28N4O/c1-16-6-4-10-21(24-16)25-19-11-12-20(23-14-19)18-9-5-13-26(15-18)22(27)17-7-2-3-8-17/h4,6,10-12,14,17-18H,2-3,5,7-9,13,15H2,1H3,(H,24,25)/t18-/m0/s1.